The Hall–Kier alpha value is -2.54. The minimum absolute atomic E-state index is 0.0760. The van der Waals surface area contributed by atoms with Crippen molar-refractivity contribution in [2.45, 2.75) is 83.8 Å². The lowest BCUT2D eigenvalue weighted by atomic mass is 9.91. The van der Waals surface area contributed by atoms with Gasteiger partial charge in [-0.2, -0.15) is 0 Å². The third kappa shape index (κ3) is 4.15. The Bertz CT molecular complexity index is 1110. The summed E-state index contributed by atoms with van der Waals surface area (Å²) < 4.78 is 1.91. The average molecular weight is 423 g/mol. The molecule has 0 unspecified atom stereocenters. The number of aromatic nitrogens is 5. The summed E-state index contributed by atoms with van der Waals surface area (Å²) in [5.41, 5.74) is 2.40. The highest BCUT2D eigenvalue weighted by Crippen LogP contribution is 2.34. The van der Waals surface area contributed by atoms with Crippen LogP contribution in [-0.2, 0) is 5.54 Å². The lowest BCUT2D eigenvalue weighted by Crippen LogP contribution is -2.42. The lowest BCUT2D eigenvalue weighted by Gasteiger charge is -2.37. The smallest absolute Gasteiger partial charge is 0.253 e. The third-order valence-corrected chi connectivity index (χ3v) is 7.06. The largest absolute Gasteiger partial charge is 0.322 e. The molecule has 0 bridgehead atoms. The average Bonchev–Trinajstić information content (AvgIpc) is 3.25. The second-order valence-corrected chi connectivity index (χ2v) is 9.62. The Morgan fingerprint density at radius 3 is 2.68 bits per heavy atom. The van der Waals surface area contributed by atoms with Crippen molar-refractivity contribution < 1.29 is 0 Å². The van der Waals surface area contributed by atoms with E-state index in [2.05, 4.69) is 66.2 Å². The third-order valence-electron chi connectivity index (χ3n) is 7.06. The van der Waals surface area contributed by atoms with Gasteiger partial charge in [-0.1, -0.05) is 37.8 Å². The molecule has 1 saturated carbocycles. The van der Waals surface area contributed by atoms with E-state index in [0.717, 1.165) is 36.0 Å². The van der Waals surface area contributed by atoms with Crippen LogP contribution < -0.4 is 5.56 Å². The number of benzene rings is 1. The molecule has 0 saturated heterocycles. The maximum absolute atomic E-state index is 13.3. The van der Waals surface area contributed by atoms with Crippen LogP contribution >= 0.6 is 0 Å². The van der Waals surface area contributed by atoms with Gasteiger partial charge in [-0.3, -0.25) is 9.69 Å². The Morgan fingerprint density at radius 1 is 1.23 bits per heavy atom. The standard InChI is InChI=1S/C24H34N6O/c1-6-24(3,4)30-22(26-27-28-30)21(29(5)18-10-8-7-9-11-18)19-15-17-14-16(2)12-13-20(17)25-23(19)31/h12-15,18,21H,6-11H2,1-5H3,(H,25,31)/t21-/m1/s1. The number of pyridine rings is 1. The van der Waals surface area contributed by atoms with Gasteiger partial charge in [0.1, 0.15) is 6.04 Å². The van der Waals surface area contributed by atoms with Crippen molar-refractivity contribution in [3.05, 3.63) is 51.6 Å². The summed E-state index contributed by atoms with van der Waals surface area (Å²) >= 11 is 0. The van der Waals surface area contributed by atoms with Crippen LogP contribution in [0.2, 0.25) is 0 Å². The number of aromatic amines is 1. The number of hydrogen-bond acceptors (Lipinski definition) is 5. The van der Waals surface area contributed by atoms with Crippen molar-refractivity contribution in [2.75, 3.05) is 7.05 Å². The Balaban J connectivity index is 1.90. The molecular formula is C24H34N6O. The molecule has 4 rings (SSSR count). The number of nitrogens with one attached hydrogen (secondary N) is 1. The van der Waals surface area contributed by atoms with E-state index in [1.54, 1.807) is 0 Å². The molecule has 0 radical (unpaired) electrons. The molecule has 2 heterocycles. The summed E-state index contributed by atoms with van der Waals surface area (Å²) in [6.45, 7) is 8.48. The van der Waals surface area contributed by atoms with Gasteiger partial charge in [0.05, 0.1) is 5.54 Å². The molecule has 1 fully saturated rings. The fourth-order valence-electron chi connectivity index (χ4n) is 4.73. The maximum Gasteiger partial charge on any atom is 0.253 e. The van der Waals surface area contributed by atoms with Crippen molar-refractivity contribution in [3.8, 4) is 0 Å². The normalized spacial score (nSPS) is 16.8. The van der Waals surface area contributed by atoms with E-state index in [0.29, 0.717) is 11.6 Å². The van der Waals surface area contributed by atoms with Gasteiger partial charge in [-0.05, 0) is 81.1 Å². The number of rotatable bonds is 6. The highest BCUT2D eigenvalue weighted by atomic mass is 16.1. The molecule has 0 amide bonds. The highest BCUT2D eigenvalue weighted by molar-refractivity contribution is 5.79. The lowest BCUT2D eigenvalue weighted by molar-refractivity contribution is 0.142. The van der Waals surface area contributed by atoms with Gasteiger partial charge in [-0.25, -0.2) is 4.68 Å². The zero-order valence-electron chi connectivity index (χ0n) is 19.4. The number of hydrogen-bond donors (Lipinski definition) is 1. The number of nitrogens with zero attached hydrogens (tertiary/aromatic N) is 5. The SMILES string of the molecule is CCC(C)(C)n1nnnc1[C@@H](c1cc2cc(C)ccc2[nH]c1=O)N(C)C1CCCCC1. The summed E-state index contributed by atoms with van der Waals surface area (Å²) in [6.07, 6.45) is 6.89. The monoisotopic (exact) mass is 422 g/mol. The van der Waals surface area contributed by atoms with E-state index < -0.39 is 0 Å². The maximum atomic E-state index is 13.3. The molecule has 31 heavy (non-hydrogen) atoms. The Labute approximate surface area is 183 Å². The second-order valence-electron chi connectivity index (χ2n) is 9.62. The zero-order valence-corrected chi connectivity index (χ0v) is 19.4. The predicted molar refractivity (Wildman–Crippen MR) is 123 cm³/mol. The van der Waals surface area contributed by atoms with Crippen LogP contribution in [-0.4, -0.2) is 43.2 Å². The van der Waals surface area contributed by atoms with E-state index in [4.69, 9.17) is 0 Å². The molecule has 1 aliphatic rings. The number of aryl methyl sites for hydroxylation is 1. The fourth-order valence-corrected chi connectivity index (χ4v) is 4.73. The topological polar surface area (TPSA) is 79.7 Å². The van der Waals surface area contributed by atoms with Gasteiger partial charge >= 0.3 is 0 Å². The van der Waals surface area contributed by atoms with E-state index in [-0.39, 0.29) is 17.1 Å². The van der Waals surface area contributed by atoms with Crippen LogP contribution in [0.5, 0.6) is 0 Å². The van der Waals surface area contributed by atoms with Crippen LogP contribution in [0.4, 0.5) is 0 Å². The minimum Gasteiger partial charge on any atom is -0.322 e. The van der Waals surface area contributed by atoms with Crippen LogP contribution in [0.1, 0.15) is 82.3 Å². The van der Waals surface area contributed by atoms with E-state index in [1.807, 2.05) is 22.9 Å². The van der Waals surface area contributed by atoms with Crippen LogP contribution in [0, 0.1) is 6.92 Å². The summed E-state index contributed by atoms with van der Waals surface area (Å²) in [5, 5.41) is 13.9. The molecule has 1 aromatic carbocycles. The molecule has 2 aromatic heterocycles. The van der Waals surface area contributed by atoms with Crippen LogP contribution in [0.25, 0.3) is 10.9 Å². The second kappa shape index (κ2) is 8.54. The molecule has 3 aromatic rings. The van der Waals surface area contributed by atoms with Gasteiger partial charge in [0.25, 0.3) is 5.56 Å². The molecule has 1 aliphatic carbocycles. The quantitative estimate of drug-likeness (QED) is 0.640. The Kier molecular flexibility index (Phi) is 5.97. The van der Waals surface area contributed by atoms with Crippen molar-refractivity contribution in [3.63, 3.8) is 0 Å². The number of fused-ring (bicyclic) bond motifs is 1. The van der Waals surface area contributed by atoms with Crippen molar-refractivity contribution in [1.82, 2.24) is 30.1 Å². The molecule has 0 spiro atoms. The molecule has 7 heteroatoms. The summed E-state index contributed by atoms with van der Waals surface area (Å²) in [6, 6.07) is 8.24. The fraction of sp³-hybridized carbons (Fsp3) is 0.583. The first kappa shape index (κ1) is 21.7. The van der Waals surface area contributed by atoms with Gasteiger partial charge in [0.2, 0.25) is 0 Å². The number of tetrazole rings is 1. The first-order valence-electron chi connectivity index (χ1n) is 11.5. The summed E-state index contributed by atoms with van der Waals surface area (Å²) in [7, 11) is 2.12. The molecule has 1 atom stereocenters. The van der Waals surface area contributed by atoms with E-state index in [9.17, 15) is 4.79 Å². The molecule has 1 N–H and O–H groups in total. The predicted octanol–water partition coefficient (Wildman–Crippen LogP) is 4.32. The van der Waals surface area contributed by atoms with Crippen LogP contribution in [0.3, 0.4) is 0 Å². The number of H-pyrrole nitrogens is 1. The minimum atomic E-state index is -0.308. The van der Waals surface area contributed by atoms with E-state index >= 15 is 0 Å². The first-order valence-corrected chi connectivity index (χ1v) is 11.5. The first-order chi connectivity index (χ1) is 14.8. The molecular weight excluding hydrogens is 388 g/mol. The summed E-state index contributed by atoms with van der Waals surface area (Å²) in [4.78, 5) is 18.7. The molecule has 0 aliphatic heterocycles. The van der Waals surface area contributed by atoms with Gasteiger partial charge in [0, 0.05) is 17.1 Å². The summed E-state index contributed by atoms with van der Waals surface area (Å²) in [5.74, 6) is 0.734. The van der Waals surface area contributed by atoms with E-state index in [1.165, 1.54) is 24.8 Å². The van der Waals surface area contributed by atoms with Gasteiger partial charge in [0.15, 0.2) is 5.82 Å². The zero-order chi connectivity index (χ0) is 22.2. The van der Waals surface area contributed by atoms with Gasteiger partial charge < -0.3 is 4.98 Å². The van der Waals surface area contributed by atoms with Crippen molar-refractivity contribution in [2.24, 2.45) is 0 Å². The van der Waals surface area contributed by atoms with Crippen molar-refractivity contribution in [1.29, 1.82) is 0 Å². The van der Waals surface area contributed by atoms with Crippen molar-refractivity contribution >= 4 is 10.9 Å². The molecule has 166 valence electrons. The van der Waals surface area contributed by atoms with Crippen LogP contribution in [0.15, 0.2) is 29.1 Å². The molecule has 7 nitrogen and oxygen atoms in total. The van der Waals surface area contributed by atoms with Gasteiger partial charge in [-0.15, -0.1) is 5.10 Å². The Morgan fingerprint density at radius 2 is 1.97 bits per heavy atom. The highest BCUT2D eigenvalue weighted by Gasteiger charge is 2.35.